The third kappa shape index (κ3) is 2.47. The Bertz CT molecular complexity index is 470. The van der Waals surface area contributed by atoms with Crippen molar-refractivity contribution in [3.8, 4) is 11.8 Å². The van der Waals surface area contributed by atoms with Crippen molar-refractivity contribution in [1.82, 2.24) is 0 Å². The Morgan fingerprint density at radius 2 is 2.29 bits per heavy atom. The first-order valence-corrected chi connectivity index (χ1v) is 5.75. The van der Waals surface area contributed by atoms with Crippen molar-refractivity contribution < 1.29 is 9.53 Å². The highest BCUT2D eigenvalue weighted by molar-refractivity contribution is 5.80. The minimum atomic E-state index is 0.0389. The van der Waals surface area contributed by atoms with E-state index in [1.807, 2.05) is 19.1 Å². The van der Waals surface area contributed by atoms with E-state index in [4.69, 9.17) is 10.00 Å². The molecule has 2 rings (SSSR count). The Morgan fingerprint density at radius 3 is 2.88 bits per heavy atom. The van der Waals surface area contributed by atoms with Crippen molar-refractivity contribution in [3.05, 3.63) is 29.3 Å². The zero-order valence-electron chi connectivity index (χ0n) is 9.90. The van der Waals surface area contributed by atoms with Crippen molar-refractivity contribution in [2.24, 2.45) is 5.41 Å². The van der Waals surface area contributed by atoms with E-state index in [9.17, 15) is 4.79 Å². The number of hydrogen-bond donors (Lipinski definition) is 0. The Kier molecular flexibility index (Phi) is 3.14. The lowest BCUT2D eigenvalue weighted by Gasteiger charge is -2.15. The molecule has 0 spiro atoms. The molecule has 0 heterocycles. The summed E-state index contributed by atoms with van der Waals surface area (Å²) in [5.74, 6) is 0.659. The molecule has 0 saturated heterocycles. The molecule has 1 fully saturated rings. The van der Waals surface area contributed by atoms with Crippen LogP contribution < -0.4 is 4.74 Å². The molecular formula is C14H15NO2. The summed E-state index contributed by atoms with van der Waals surface area (Å²) >= 11 is 0. The summed E-state index contributed by atoms with van der Waals surface area (Å²) in [6.07, 6.45) is 3.44. The highest BCUT2D eigenvalue weighted by atomic mass is 16.5. The van der Waals surface area contributed by atoms with Gasteiger partial charge in [0.25, 0.3) is 0 Å². The number of nitriles is 1. The van der Waals surface area contributed by atoms with Crippen LogP contribution in [0.25, 0.3) is 0 Å². The maximum atomic E-state index is 10.9. The molecule has 0 radical (unpaired) electrons. The van der Waals surface area contributed by atoms with Gasteiger partial charge in [0.1, 0.15) is 5.75 Å². The molecule has 1 saturated carbocycles. The van der Waals surface area contributed by atoms with Crippen molar-refractivity contribution in [2.45, 2.75) is 26.2 Å². The van der Waals surface area contributed by atoms with Gasteiger partial charge in [0.15, 0.2) is 6.29 Å². The third-order valence-electron chi connectivity index (χ3n) is 3.30. The lowest BCUT2D eigenvalue weighted by molar-refractivity contribution is 0.111. The van der Waals surface area contributed by atoms with E-state index >= 15 is 0 Å². The highest BCUT2D eigenvalue weighted by Gasteiger charge is 2.43. The van der Waals surface area contributed by atoms with Crippen LogP contribution in [0.2, 0.25) is 0 Å². The van der Waals surface area contributed by atoms with Gasteiger partial charge in [0.2, 0.25) is 0 Å². The molecular weight excluding hydrogens is 214 g/mol. The van der Waals surface area contributed by atoms with Gasteiger partial charge in [-0.2, -0.15) is 5.26 Å². The number of aldehydes is 1. The number of aryl methyl sites for hydroxylation is 1. The summed E-state index contributed by atoms with van der Waals surface area (Å²) in [6, 6.07) is 7.71. The molecule has 1 aromatic carbocycles. The largest absolute Gasteiger partial charge is 0.492 e. The predicted molar refractivity (Wildman–Crippen MR) is 64.0 cm³/mol. The summed E-state index contributed by atoms with van der Waals surface area (Å²) in [6.45, 7) is 2.46. The van der Waals surface area contributed by atoms with Crippen LogP contribution >= 0.6 is 0 Å². The molecule has 1 aliphatic rings. The minimum absolute atomic E-state index is 0.0389. The first kappa shape index (κ1) is 11.7. The maximum Gasteiger partial charge on any atom is 0.153 e. The van der Waals surface area contributed by atoms with Gasteiger partial charge in [0.05, 0.1) is 18.2 Å². The second-order valence-corrected chi connectivity index (χ2v) is 4.73. The van der Waals surface area contributed by atoms with E-state index in [-0.39, 0.29) is 5.41 Å². The van der Waals surface area contributed by atoms with E-state index in [0.29, 0.717) is 24.3 Å². The van der Waals surface area contributed by atoms with Gasteiger partial charge in [-0.15, -0.1) is 0 Å². The Balaban J connectivity index is 2.09. The normalized spacial score (nSPS) is 16.0. The summed E-state index contributed by atoms with van der Waals surface area (Å²) in [7, 11) is 0. The Hall–Kier alpha value is -1.82. The molecule has 0 unspecified atom stereocenters. The fourth-order valence-corrected chi connectivity index (χ4v) is 1.91. The molecule has 3 heteroatoms. The fraction of sp³-hybridized carbons (Fsp3) is 0.429. The minimum Gasteiger partial charge on any atom is -0.492 e. The Labute approximate surface area is 101 Å². The quantitative estimate of drug-likeness (QED) is 0.729. The van der Waals surface area contributed by atoms with Crippen molar-refractivity contribution >= 4 is 6.29 Å². The van der Waals surface area contributed by atoms with Crippen LogP contribution in [0.15, 0.2) is 18.2 Å². The van der Waals surface area contributed by atoms with Gasteiger partial charge in [-0.1, -0.05) is 12.1 Å². The summed E-state index contributed by atoms with van der Waals surface area (Å²) in [5, 5.41) is 8.73. The molecule has 0 amide bonds. The number of carbonyl (C=O) groups is 1. The molecule has 0 aromatic heterocycles. The first-order chi connectivity index (χ1) is 8.21. The standard InChI is InChI=1S/C14H15NO2/c1-11-3-2-4-12(9-16)13(11)17-10-14(5-6-14)7-8-15/h2-4,9H,5-7,10H2,1H3. The first-order valence-electron chi connectivity index (χ1n) is 5.75. The van der Waals surface area contributed by atoms with Crippen LogP contribution in [-0.2, 0) is 0 Å². The highest BCUT2D eigenvalue weighted by Crippen LogP contribution is 2.48. The second-order valence-electron chi connectivity index (χ2n) is 4.73. The average molecular weight is 229 g/mol. The van der Waals surface area contributed by atoms with Crippen LogP contribution in [-0.4, -0.2) is 12.9 Å². The zero-order chi connectivity index (χ0) is 12.3. The van der Waals surface area contributed by atoms with Gasteiger partial charge in [-0.3, -0.25) is 4.79 Å². The van der Waals surface area contributed by atoms with Crippen LogP contribution in [0.1, 0.15) is 35.2 Å². The molecule has 88 valence electrons. The number of nitrogens with zero attached hydrogens (tertiary/aromatic N) is 1. The number of rotatable bonds is 5. The maximum absolute atomic E-state index is 10.9. The summed E-state index contributed by atoms with van der Waals surface area (Å²) in [4.78, 5) is 10.9. The van der Waals surface area contributed by atoms with Crippen LogP contribution in [0, 0.1) is 23.7 Å². The Morgan fingerprint density at radius 1 is 1.53 bits per heavy atom. The van der Waals surface area contributed by atoms with Gasteiger partial charge >= 0.3 is 0 Å². The average Bonchev–Trinajstić information content (AvgIpc) is 3.08. The third-order valence-corrected chi connectivity index (χ3v) is 3.30. The summed E-state index contributed by atoms with van der Waals surface area (Å²) < 4.78 is 5.76. The van der Waals surface area contributed by atoms with Gasteiger partial charge in [-0.25, -0.2) is 0 Å². The predicted octanol–water partition coefficient (Wildman–Crippen LogP) is 2.88. The van der Waals surface area contributed by atoms with Gasteiger partial charge in [0, 0.05) is 11.8 Å². The summed E-state index contributed by atoms with van der Waals surface area (Å²) in [5.41, 5.74) is 1.58. The second kappa shape index (κ2) is 4.58. The monoisotopic (exact) mass is 229 g/mol. The lowest BCUT2D eigenvalue weighted by atomic mass is 10.1. The van der Waals surface area contributed by atoms with E-state index in [1.165, 1.54) is 0 Å². The van der Waals surface area contributed by atoms with Gasteiger partial charge in [-0.05, 0) is 31.4 Å². The smallest absolute Gasteiger partial charge is 0.153 e. The van der Waals surface area contributed by atoms with Gasteiger partial charge < -0.3 is 4.74 Å². The molecule has 0 aliphatic heterocycles. The van der Waals surface area contributed by atoms with E-state index < -0.39 is 0 Å². The zero-order valence-corrected chi connectivity index (χ0v) is 9.90. The van der Waals surface area contributed by atoms with Crippen molar-refractivity contribution in [2.75, 3.05) is 6.61 Å². The molecule has 1 aromatic rings. The topological polar surface area (TPSA) is 50.1 Å². The van der Waals surface area contributed by atoms with E-state index in [2.05, 4.69) is 6.07 Å². The van der Waals surface area contributed by atoms with Crippen molar-refractivity contribution in [1.29, 1.82) is 5.26 Å². The molecule has 0 N–H and O–H groups in total. The number of para-hydroxylation sites is 1. The van der Waals surface area contributed by atoms with Crippen molar-refractivity contribution in [3.63, 3.8) is 0 Å². The SMILES string of the molecule is Cc1cccc(C=O)c1OCC1(CC#N)CC1. The molecule has 17 heavy (non-hydrogen) atoms. The number of hydrogen-bond acceptors (Lipinski definition) is 3. The molecule has 0 atom stereocenters. The number of carbonyl (C=O) groups excluding carboxylic acids is 1. The molecule has 3 nitrogen and oxygen atoms in total. The lowest BCUT2D eigenvalue weighted by Crippen LogP contribution is -2.13. The van der Waals surface area contributed by atoms with Crippen LogP contribution in [0.5, 0.6) is 5.75 Å². The molecule has 1 aliphatic carbocycles. The van der Waals surface area contributed by atoms with E-state index in [1.54, 1.807) is 6.07 Å². The molecule has 0 bridgehead atoms. The van der Waals surface area contributed by atoms with Crippen LogP contribution in [0.3, 0.4) is 0 Å². The van der Waals surface area contributed by atoms with Crippen LogP contribution in [0.4, 0.5) is 0 Å². The fourth-order valence-electron chi connectivity index (χ4n) is 1.91. The number of benzene rings is 1. The number of ether oxygens (including phenoxy) is 1. The van der Waals surface area contributed by atoms with E-state index in [0.717, 1.165) is 24.7 Å².